The Morgan fingerprint density at radius 3 is 2.48 bits per heavy atom. The molecule has 10 nitrogen and oxygen atoms in total. The molecule has 12 heteroatoms. The van der Waals surface area contributed by atoms with Gasteiger partial charge >= 0.3 is 11.7 Å². The number of halogens is 2. The van der Waals surface area contributed by atoms with Crippen molar-refractivity contribution >= 4 is 40.3 Å². The first-order valence-electron chi connectivity index (χ1n) is 13.6. The first-order valence-corrected chi connectivity index (χ1v) is 13.9. The van der Waals surface area contributed by atoms with E-state index in [1.807, 2.05) is 0 Å². The molecule has 2 aromatic heterocycles. The molecule has 1 aliphatic heterocycles. The molecule has 2 fully saturated rings. The molecule has 212 valence electrons. The van der Waals surface area contributed by atoms with E-state index in [1.54, 1.807) is 31.3 Å². The maximum atomic E-state index is 13.9. The lowest BCUT2D eigenvalue weighted by Crippen LogP contribution is -2.60. The van der Waals surface area contributed by atoms with E-state index in [0.29, 0.717) is 35.1 Å². The molecular weight excluding hydrogens is 537 g/mol. The van der Waals surface area contributed by atoms with Gasteiger partial charge in [0.2, 0.25) is 0 Å². The molecule has 0 radical (unpaired) electrons. The Labute approximate surface area is 236 Å². The molecule has 3 atom stereocenters. The number of amidine groups is 1. The summed E-state index contributed by atoms with van der Waals surface area (Å²) in [5.41, 5.74) is 8.06. The Balaban J connectivity index is 1.54. The molecule has 5 rings (SSSR count). The number of fused-ring (bicyclic) bond motifs is 1. The number of nitrogens with zero attached hydrogens (tertiary/aromatic N) is 6. The van der Waals surface area contributed by atoms with Crippen LogP contribution in [0.2, 0.25) is 5.15 Å². The van der Waals surface area contributed by atoms with Crippen molar-refractivity contribution in [3.8, 4) is 0 Å². The quantitative estimate of drug-likeness (QED) is 0.143. The van der Waals surface area contributed by atoms with Gasteiger partial charge in [0.1, 0.15) is 16.5 Å². The maximum Gasteiger partial charge on any atom is 0.349 e. The molecule has 1 saturated heterocycles. The Hall–Kier alpha value is -3.57. The second kappa shape index (κ2) is 11.5. The van der Waals surface area contributed by atoms with Crippen LogP contribution in [0.25, 0.3) is 11.0 Å². The minimum Gasteiger partial charge on any atom is -0.383 e. The summed E-state index contributed by atoms with van der Waals surface area (Å²) in [5, 5.41) is 4.36. The van der Waals surface area contributed by atoms with Gasteiger partial charge in [-0.15, -0.1) is 0 Å². The Morgan fingerprint density at radius 2 is 1.82 bits per heavy atom. The van der Waals surface area contributed by atoms with Crippen LogP contribution < -0.4 is 16.3 Å². The first-order chi connectivity index (χ1) is 19.2. The number of carbonyl (C=O) groups is 1. The van der Waals surface area contributed by atoms with E-state index in [9.17, 15) is 14.0 Å². The summed E-state index contributed by atoms with van der Waals surface area (Å²) in [6.07, 6.45) is 3.05. The van der Waals surface area contributed by atoms with Gasteiger partial charge in [0.25, 0.3) is 0 Å². The Morgan fingerprint density at radius 1 is 1.12 bits per heavy atom. The third kappa shape index (κ3) is 5.53. The summed E-state index contributed by atoms with van der Waals surface area (Å²) in [5.74, 6) is -0.271. The van der Waals surface area contributed by atoms with Gasteiger partial charge in [-0.2, -0.15) is 4.98 Å². The van der Waals surface area contributed by atoms with Gasteiger partial charge in [0.15, 0.2) is 11.7 Å². The molecule has 3 heterocycles. The minimum atomic E-state index is -0.560. The maximum absolute atomic E-state index is 13.9. The Kier molecular flexibility index (Phi) is 8.04. The molecule has 0 bridgehead atoms. The fourth-order valence-electron chi connectivity index (χ4n) is 5.36. The molecule has 1 aromatic carbocycles. The number of carbonyl (C=O) groups excluding carboxylic acids is 1. The fraction of sp³-hybridized carbons (Fsp3) is 0.464. The molecule has 3 aromatic rings. The zero-order valence-corrected chi connectivity index (χ0v) is 23.5. The molecule has 1 aliphatic carbocycles. The number of aromatic nitrogens is 3. The van der Waals surface area contributed by atoms with Gasteiger partial charge in [-0.1, -0.05) is 42.7 Å². The van der Waals surface area contributed by atoms with Crippen molar-refractivity contribution in [2.24, 2.45) is 23.9 Å². The van der Waals surface area contributed by atoms with E-state index in [2.05, 4.69) is 38.8 Å². The van der Waals surface area contributed by atoms with Crippen LogP contribution in [0.15, 0.2) is 46.3 Å². The number of pyridine rings is 1. The molecular formula is C28H33ClFN7O3. The smallest absolute Gasteiger partial charge is 0.349 e. The van der Waals surface area contributed by atoms with E-state index < -0.39 is 6.04 Å². The third-order valence-electron chi connectivity index (χ3n) is 7.80. The zero-order chi connectivity index (χ0) is 28.6. The second-order valence-electron chi connectivity index (χ2n) is 10.4. The lowest BCUT2D eigenvalue weighted by molar-refractivity contribution is -0.145. The van der Waals surface area contributed by atoms with E-state index in [-0.39, 0.29) is 41.3 Å². The average Bonchev–Trinajstić information content (AvgIpc) is 3.80. The van der Waals surface area contributed by atoms with Gasteiger partial charge in [-0.25, -0.2) is 19.0 Å². The van der Waals surface area contributed by atoms with Gasteiger partial charge in [-0.3, -0.25) is 9.47 Å². The van der Waals surface area contributed by atoms with Crippen molar-refractivity contribution < 1.29 is 14.0 Å². The monoisotopic (exact) mass is 569 g/mol. The van der Waals surface area contributed by atoms with Crippen LogP contribution in [-0.4, -0.2) is 56.4 Å². The SMILES string of the molecule is CC[C@H]1CN(C(/C(N)=N/OC(=O)C2CC2)c2ccc(F)cc2)[C@H](CC)CN1c1nc(=O)n(C)c2ccc(Cl)nc12. The fourth-order valence-corrected chi connectivity index (χ4v) is 5.51. The molecule has 1 unspecified atom stereocenters. The summed E-state index contributed by atoms with van der Waals surface area (Å²) in [7, 11) is 1.66. The third-order valence-corrected chi connectivity index (χ3v) is 8.01. The van der Waals surface area contributed by atoms with Gasteiger partial charge in [-0.05, 0) is 55.5 Å². The molecule has 0 amide bonds. The van der Waals surface area contributed by atoms with Crippen molar-refractivity contribution in [3.05, 3.63) is 63.4 Å². The Bertz CT molecular complexity index is 1490. The predicted octanol–water partition coefficient (Wildman–Crippen LogP) is 3.77. The van der Waals surface area contributed by atoms with Crippen molar-refractivity contribution in [1.29, 1.82) is 0 Å². The predicted molar refractivity (Wildman–Crippen MR) is 152 cm³/mol. The summed E-state index contributed by atoms with van der Waals surface area (Å²) in [6.45, 7) is 5.18. The second-order valence-corrected chi connectivity index (χ2v) is 10.8. The van der Waals surface area contributed by atoms with Crippen LogP contribution in [-0.2, 0) is 16.7 Å². The molecule has 2 N–H and O–H groups in total. The zero-order valence-electron chi connectivity index (χ0n) is 22.8. The number of hydrogen-bond donors (Lipinski definition) is 1. The van der Waals surface area contributed by atoms with Crippen LogP contribution in [0.1, 0.15) is 51.1 Å². The highest BCUT2D eigenvalue weighted by Gasteiger charge is 2.40. The normalized spacial score (nSPS) is 21.0. The van der Waals surface area contributed by atoms with Crippen LogP contribution in [0.3, 0.4) is 0 Å². The highest BCUT2D eigenvalue weighted by Crippen LogP contribution is 2.35. The number of rotatable bonds is 8. The van der Waals surface area contributed by atoms with E-state index >= 15 is 0 Å². The van der Waals surface area contributed by atoms with Crippen molar-refractivity contribution in [1.82, 2.24) is 19.4 Å². The van der Waals surface area contributed by atoms with Crippen LogP contribution in [0, 0.1) is 11.7 Å². The number of benzene rings is 1. The van der Waals surface area contributed by atoms with Crippen LogP contribution in [0.4, 0.5) is 10.2 Å². The minimum absolute atomic E-state index is 0.0640. The number of piperazine rings is 1. The number of anilines is 1. The van der Waals surface area contributed by atoms with Crippen molar-refractivity contribution in [3.63, 3.8) is 0 Å². The topological polar surface area (TPSA) is 119 Å². The highest BCUT2D eigenvalue weighted by atomic mass is 35.5. The van der Waals surface area contributed by atoms with E-state index in [0.717, 1.165) is 31.2 Å². The lowest BCUT2D eigenvalue weighted by atomic mass is 9.95. The van der Waals surface area contributed by atoms with Crippen LogP contribution in [0.5, 0.6) is 0 Å². The molecule has 1 saturated carbocycles. The summed E-state index contributed by atoms with van der Waals surface area (Å²) >= 11 is 6.26. The standard InChI is InChI=1S/C28H33ClFN7O3/c1-4-19-15-37(26-23-21(12-13-22(29)32-23)35(3)28(39)33-26)20(5-2)14-36(19)24(16-8-10-18(30)11-9-16)25(31)34-40-27(38)17-6-7-17/h8-13,17,19-20,24H,4-7,14-15H2,1-3H3,(H2,31,34)/t19-,20+,24?/m1/s1. The van der Waals surface area contributed by atoms with Gasteiger partial charge in [0.05, 0.1) is 17.5 Å². The van der Waals surface area contributed by atoms with Crippen molar-refractivity contribution in [2.45, 2.75) is 57.7 Å². The summed E-state index contributed by atoms with van der Waals surface area (Å²) in [4.78, 5) is 43.5. The van der Waals surface area contributed by atoms with E-state index in [4.69, 9.17) is 22.2 Å². The average molecular weight is 570 g/mol. The first kappa shape index (κ1) is 28.0. The van der Waals surface area contributed by atoms with E-state index in [1.165, 1.54) is 16.7 Å². The number of oxime groups is 1. The largest absolute Gasteiger partial charge is 0.383 e. The molecule has 2 aliphatic rings. The summed E-state index contributed by atoms with van der Waals surface area (Å²) in [6, 6.07) is 8.84. The molecule has 40 heavy (non-hydrogen) atoms. The van der Waals surface area contributed by atoms with Crippen molar-refractivity contribution in [2.75, 3.05) is 18.0 Å². The lowest BCUT2D eigenvalue weighted by Gasteiger charge is -2.49. The van der Waals surface area contributed by atoms with Gasteiger partial charge in [0, 0.05) is 32.2 Å². The number of nitrogens with two attached hydrogens (primary N) is 1. The number of aryl methyl sites for hydroxylation is 1. The number of hydrogen-bond acceptors (Lipinski definition) is 8. The molecule has 0 spiro atoms. The highest BCUT2D eigenvalue weighted by molar-refractivity contribution is 6.29. The van der Waals surface area contributed by atoms with Crippen LogP contribution >= 0.6 is 11.6 Å². The van der Waals surface area contributed by atoms with Gasteiger partial charge < -0.3 is 15.5 Å². The summed E-state index contributed by atoms with van der Waals surface area (Å²) < 4.78 is 15.3.